The monoisotopic (exact) mass is 748 g/mol. The molecule has 0 fully saturated rings. The molecule has 0 saturated carbocycles. The quantitative estimate of drug-likeness (QED) is 0.0206. The normalized spacial score (nSPS) is 14.0. The zero-order valence-corrected chi connectivity index (χ0v) is 33.1. The third-order valence-electron chi connectivity index (χ3n) is 8.80. The van der Waals surface area contributed by atoms with Crippen LogP contribution < -0.4 is 5.32 Å². The van der Waals surface area contributed by atoms with Gasteiger partial charge in [-0.1, -0.05) is 148 Å². The summed E-state index contributed by atoms with van der Waals surface area (Å²) in [6.07, 6.45) is 32.9. The number of phosphoric acid groups is 1. The molecule has 1 amide bonds. The number of hydrogen-bond donors (Lipinski definition) is 4. The van der Waals surface area contributed by atoms with Gasteiger partial charge in [-0.05, 0) is 38.5 Å². The first-order chi connectivity index (χ1) is 24.6. The summed E-state index contributed by atoms with van der Waals surface area (Å²) in [5, 5.41) is 21.6. The molecular formula is C39H74NO10P. The molecule has 3 atom stereocenters. The van der Waals surface area contributed by atoms with Crippen LogP contribution in [0.3, 0.4) is 0 Å². The Kier molecular flexibility index (Phi) is 34.0. The first-order valence-corrected chi connectivity index (χ1v) is 21.7. The molecule has 0 aliphatic carbocycles. The minimum absolute atomic E-state index is 0.145. The molecule has 0 radical (unpaired) electrons. The van der Waals surface area contributed by atoms with E-state index in [0.717, 1.165) is 51.4 Å². The minimum atomic E-state index is -4.74. The van der Waals surface area contributed by atoms with E-state index in [1.54, 1.807) is 0 Å². The summed E-state index contributed by atoms with van der Waals surface area (Å²) in [4.78, 5) is 45.4. The molecule has 0 saturated heterocycles. The fourth-order valence-electron chi connectivity index (χ4n) is 5.60. The van der Waals surface area contributed by atoms with E-state index in [0.29, 0.717) is 12.8 Å². The minimum Gasteiger partial charge on any atom is -0.480 e. The Hall–Kier alpha value is -1.78. The van der Waals surface area contributed by atoms with Crippen LogP contribution in [0.4, 0.5) is 0 Å². The van der Waals surface area contributed by atoms with Crippen LogP contribution in [-0.2, 0) is 32.7 Å². The maximum absolute atomic E-state index is 12.2. The van der Waals surface area contributed by atoms with Gasteiger partial charge in [0.15, 0.2) is 6.04 Å². The number of rotatable bonds is 38. The van der Waals surface area contributed by atoms with Crippen molar-refractivity contribution >= 4 is 25.7 Å². The Morgan fingerprint density at radius 2 is 1.02 bits per heavy atom. The Labute approximate surface area is 309 Å². The first kappa shape index (κ1) is 49.2. The summed E-state index contributed by atoms with van der Waals surface area (Å²) < 4.78 is 26.6. The number of amides is 1. The second kappa shape index (κ2) is 35.3. The fourth-order valence-corrected chi connectivity index (χ4v) is 6.38. The molecule has 0 aromatic heterocycles. The number of esters is 1. The maximum Gasteiger partial charge on any atom is 0.472 e. The van der Waals surface area contributed by atoms with Crippen molar-refractivity contribution < 1.29 is 47.8 Å². The van der Waals surface area contributed by atoms with Gasteiger partial charge in [0.05, 0.1) is 13.2 Å². The van der Waals surface area contributed by atoms with Crippen LogP contribution in [-0.4, -0.2) is 64.9 Å². The van der Waals surface area contributed by atoms with Crippen molar-refractivity contribution in [3.8, 4) is 0 Å². The Bertz CT molecular complexity index is 932. The van der Waals surface area contributed by atoms with Gasteiger partial charge in [-0.25, -0.2) is 9.36 Å². The van der Waals surface area contributed by atoms with Crippen LogP contribution in [0.15, 0.2) is 12.2 Å². The van der Waals surface area contributed by atoms with Gasteiger partial charge in [0, 0.05) is 12.8 Å². The Balaban J connectivity index is 3.78. The highest BCUT2D eigenvalue weighted by Crippen LogP contribution is 2.43. The Morgan fingerprint density at radius 3 is 1.49 bits per heavy atom. The number of allylic oxidation sites excluding steroid dienone is 2. The van der Waals surface area contributed by atoms with Crippen molar-refractivity contribution in [1.82, 2.24) is 5.32 Å². The molecule has 11 nitrogen and oxygen atoms in total. The van der Waals surface area contributed by atoms with Crippen molar-refractivity contribution in [2.24, 2.45) is 0 Å². The third kappa shape index (κ3) is 35.0. The topological polar surface area (TPSA) is 169 Å². The van der Waals surface area contributed by atoms with E-state index in [4.69, 9.17) is 13.8 Å². The summed E-state index contributed by atoms with van der Waals surface area (Å²) in [5.74, 6) is -2.38. The van der Waals surface area contributed by atoms with E-state index in [1.807, 2.05) is 0 Å². The molecule has 0 aromatic carbocycles. The van der Waals surface area contributed by atoms with E-state index in [1.165, 1.54) is 96.3 Å². The Morgan fingerprint density at radius 1 is 0.608 bits per heavy atom. The van der Waals surface area contributed by atoms with Gasteiger partial charge in [0.25, 0.3) is 0 Å². The van der Waals surface area contributed by atoms with Crippen LogP contribution in [0.2, 0.25) is 0 Å². The van der Waals surface area contributed by atoms with E-state index in [2.05, 4.69) is 31.3 Å². The second-order valence-corrected chi connectivity index (χ2v) is 15.3. The SMILES string of the molecule is CCCCCCCC/C=C/CCCCCCCCCCCCCC(=O)OCC(O)COP(=O)(O)OCC(NC(=O)CCCCCCCC)C(=O)O. The summed E-state index contributed by atoms with van der Waals surface area (Å²) in [5.41, 5.74) is 0. The van der Waals surface area contributed by atoms with Gasteiger partial charge in [-0.3, -0.25) is 18.6 Å². The molecule has 4 N–H and O–H groups in total. The molecule has 0 aliphatic rings. The smallest absolute Gasteiger partial charge is 0.472 e. The third-order valence-corrected chi connectivity index (χ3v) is 9.76. The highest BCUT2D eigenvalue weighted by molar-refractivity contribution is 7.47. The van der Waals surface area contributed by atoms with E-state index < -0.39 is 57.6 Å². The molecule has 0 bridgehead atoms. The van der Waals surface area contributed by atoms with Crippen LogP contribution in [0.5, 0.6) is 0 Å². The van der Waals surface area contributed by atoms with Crippen LogP contribution in [0, 0.1) is 0 Å². The number of ether oxygens (including phenoxy) is 1. The summed E-state index contributed by atoms with van der Waals surface area (Å²) >= 11 is 0. The number of nitrogens with one attached hydrogen (secondary N) is 1. The lowest BCUT2D eigenvalue weighted by molar-refractivity contribution is -0.147. The average Bonchev–Trinajstić information content (AvgIpc) is 3.10. The molecule has 0 rings (SSSR count). The van der Waals surface area contributed by atoms with Crippen molar-refractivity contribution in [3.63, 3.8) is 0 Å². The molecule has 12 heteroatoms. The van der Waals surface area contributed by atoms with Gasteiger partial charge in [0.2, 0.25) is 5.91 Å². The number of carbonyl (C=O) groups is 3. The number of carboxylic acids is 1. The molecule has 3 unspecified atom stereocenters. The van der Waals surface area contributed by atoms with Gasteiger partial charge < -0.3 is 25.2 Å². The summed E-state index contributed by atoms with van der Waals surface area (Å²) in [6.45, 7) is 2.49. The lowest BCUT2D eigenvalue weighted by atomic mass is 10.0. The lowest BCUT2D eigenvalue weighted by Crippen LogP contribution is -2.43. The van der Waals surface area contributed by atoms with Gasteiger partial charge >= 0.3 is 19.8 Å². The number of aliphatic hydroxyl groups excluding tert-OH is 1. The molecule has 0 heterocycles. The van der Waals surface area contributed by atoms with Crippen molar-refractivity contribution in [1.29, 1.82) is 0 Å². The standard InChI is InChI=1S/C39H74NO10P/c1-3-5-7-9-11-12-13-14-15-16-17-18-19-20-21-22-23-24-25-27-29-31-38(43)48-32-35(41)33-49-51(46,47)50-34-36(39(44)45)40-37(42)30-28-26-10-8-6-4-2/h14-15,35-36,41H,3-13,16-34H2,1-2H3,(H,40,42)(H,44,45)(H,46,47)/b15-14+. The highest BCUT2D eigenvalue weighted by atomic mass is 31.2. The molecule has 51 heavy (non-hydrogen) atoms. The van der Waals surface area contributed by atoms with E-state index in [-0.39, 0.29) is 12.8 Å². The van der Waals surface area contributed by atoms with Gasteiger partial charge in [-0.2, -0.15) is 0 Å². The van der Waals surface area contributed by atoms with E-state index in [9.17, 15) is 34.1 Å². The summed E-state index contributed by atoms with van der Waals surface area (Å²) in [7, 11) is -4.74. The lowest BCUT2D eigenvalue weighted by Gasteiger charge is -2.18. The number of carboxylic acid groups (broad SMARTS) is 1. The summed E-state index contributed by atoms with van der Waals surface area (Å²) in [6, 6.07) is -1.54. The molecule has 0 spiro atoms. The number of carbonyl (C=O) groups excluding carboxylic acids is 2. The second-order valence-electron chi connectivity index (χ2n) is 13.8. The highest BCUT2D eigenvalue weighted by Gasteiger charge is 2.28. The zero-order chi connectivity index (χ0) is 37.8. The number of unbranched alkanes of at least 4 members (excludes halogenated alkanes) is 22. The fraction of sp³-hybridized carbons (Fsp3) is 0.872. The number of phosphoric ester groups is 1. The number of aliphatic carboxylic acids is 1. The number of aliphatic hydroxyl groups is 1. The maximum atomic E-state index is 12.2. The predicted molar refractivity (Wildman–Crippen MR) is 203 cm³/mol. The van der Waals surface area contributed by atoms with E-state index >= 15 is 0 Å². The molecular weight excluding hydrogens is 673 g/mol. The van der Waals surface area contributed by atoms with Crippen molar-refractivity contribution in [2.75, 3.05) is 19.8 Å². The van der Waals surface area contributed by atoms with Crippen LogP contribution >= 0.6 is 7.82 Å². The van der Waals surface area contributed by atoms with Gasteiger partial charge in [0.1, 0.15) is 12.7 Å². The number of hydrogen-bond acceptors (Lipinski definition) is 8. The molecule has 0 aromatic rings. The zero-order valence-electron chi connectivity index (χ0n) is 32.2. The van der Waals surface area contributed by atoms with Crippen molar-refractivity contribution in [3.05, 3.63) is 12.2 Å². The first-order valence-electron chi connectivity index (χ1n) is 20.2. The van der Waals surface area contributed by atoms with Gasteiger partial charge in [-0.15, -0.1) is 0 Å². The largest absolute Gasteiger partial charge is 0.480 e. The van der Waals surface area contributed by atoms with Crippen LogP contribution in [0.1, 0.15) is 187 Å². The average molecular weight is 748 g/mol. The van der Waals surface area contributed by atoms with Crippen molar-refractivity contribution in [2.45, 2.75) is 199 Å². The molecule has 0 aliphatic heterocycles. The van der Waals surface area contributed by atoms with Crippen LogP contribution in [0.25, 0.3) is 0 Å². The molecule has 300 valence electrons. The predicted octanol–water partition coefficient (Wildman–Crippen LogP) is 9.72.